The van der Waals surface area contributed by atoms with Gasteiger partial charge in [-0.15, -0.1) is 0 Å². The Hall–Kier alpha value is -2.99. The predicted octanol–water partition coefficient (Wildman–Crippen LogP) is -2.40. The molecule has 3 atom stereocenters. The van der Waals surface area contributed by atoms with Crippen molar-refractivity contribution < 1.29 is 24.3 Å². The van der Waals surface area contributed by atoms with Gasteiger partial charge in [-0.25, -0.2) is 9.78 Å². The van der Waals surface area contributed by atoms with Crippen molar-refractivity contribution in [1.82, 2.24) is 25.9 Å². The standard InChI is InChI=1S/C17H29N7O5/c1-10(22-14(25)7-19)15(26)24-13(6-11-8-20-9-21-11)16(27)23-12(17(28)29)4-2-3-5-18/h8-10,12-13H,2-7,18-19H2,1H3,(H,20,21)(H,22,25)(H,23,27)(H,24,26)(H,28,29). The van der Waals surface area contributed by atoms with E-state index in [0.717, 1.165) is 0 Å². The van der Waals surface area contributed by atoms with Crippen LogP contribution in [0.3, 0.4) is 0 Å². The fourth-order valence-corrected chi connectivity index (χ4v) is 2.51. The summed E-state index contributed by atoms with van der Waals surface area (Å²) in [6.45, 7) is 1.59. The number of carboxylic acids is 1. The van der Waals surface area contributed by atoms with Crippen molar-refractivity contribution in [3.63, 3.8) is 0 Å². The van der Waals surface area contributed by atoms with Gasteiger partial charge in [-0.1, -0.05) is 0 Å². The molecule has 0 aliphatic heterocycles. The van der Waals surface area contributed by atoms with Crippen LogP contribution < -0.4 is 27.4 Å². The molecule has 0 aliphatic rings. The number of carbonyl (C=O) groups excluding carboxylic acids is 3. The normalized spacial score (nSPS) is 13.8. The van der Waals surface area contributed by atoms with Crippen LogP contribution in [0.2, 0.25) is 0 Å². The minimum Gasteiger partial charge on any atom is -0.480 e. The Labute approximate surface area is 168 Å². The molecule has 0 fully saturated rings. The number of unbranched alkanes of at least 4 members (excludes halogenated alkanes) is 1. The highest BCUT2D eigenvalue weighted by Gasteiger charge is 2.28. The molecule has 3 amide bonds. The van der Waals surface area contributed by atoms with Crippen molar-refractivity contribution >= 4 is 23.7 Å². The molecule has 0 aliphatic carbocycles. The molecule has 0 bridgehead atoms. The molecule has 1 aromatic heterocycles. The maximum atomic E-state index is 12.7. The molecule has 1 rings (SSSR count). The van der Waals surface area contributed by atoms with Crippen molar-refractivity contribution in [1.29, 1.82) is 0 Å². The number of aliphatic carboxylic acids is 1. The molecule has 0 saturated heterocycles. The van der Waals surface area contributed by atoms with E-state index < -0.39 is 41.8 Å². The maximum Gasteiger partial charge on any atom is 0.326 e. The van der Waals surface area contributed by atoms with Crippen molar-refractivity contribution in [3.05, 3.63) is 18.2 Å². The quantitative estimate of drug-likeness (QED) is 0.174. The SMILES string of the molecule is CC(NC(=O)CN)C(=O)NC(Cc1cnc[nH]1)C(=O)NC(CCCCN)C(=O)O. The molecule has 29 heavy (non-hydrogen) atoms. The Kier molecular flexibility index (Phi) is 10.3. The van der Waals surface area contributed by atoms with Gasteiger partial charge in [0.1, 0.15) is 18.1 Å². The molecular formula is C17H29N7O5. The largest absolute Gasteiger partial charge is 0.480 e. The zero-order valence-corrected chi connectivity index (χ0v) is 16.3. The van der Waals surface area contributed by atoms with Crippen LogP contribution in [0.5, 0.6) is 0 Å². The second-order valence-corrected chi connectivity index (χ2v) is 6.52. The summed E-state index contributed by atoms with van der Waals surface area (Å²) in [5, 5.41) is 16.7. The van der Waals surface area contributed by atoms with E-state index in [4.69, 9.17) is 11.5 Å². The first-order valence-electron chi connectivity index (χ1n) is 9.28. The predicted molar refractivity (Wildman–Crippen MR) is 103 cm³/mol. The molecule has 1 aromatic rings. The third-order valence-corrected chi connectivity index (χ3v) is 4.13. The van der Waals surface area contributed by atoms with Crippen molar-refractivity contribution in [3.8, 4) is 0 Å². The number of rotatable bonds is 13. The van der Waals surface area contributed by atoms with Gasteiger partial charge < -0.3 is 37.5 Å². The Morgan fingerprint density at radius 2 is 1.79 bits per heavy atom. The summed E-state index contributed by atoms with van der Waals surface area (Å²) in [4.78, 5) is 54.6. The summed E-state index contributed by atoms with van der Waals surface area (Å²) in [5.74, 6) is -2.97. The molecule has 0 spiro atoms. The van der Waals surface area contributed by atoms with Crippen LogP contribution in [0.4, 0.5) is 0 Å². The number of carbonyl (C=O) groups is 4. The van der Waals surface area contributed by atoms with E-state index in [9.17, 15) is 24.3 Å². The van der Waals surface area contributed by atoms with Crippen LogP contribution in [-0.4, -0.2) is 70.0 Å². The average Bonchev–Trinajstić information content (AvgIpc) is 3.19. The Morgan fingerprint density at radius 3 is 2.34 bits per heavy atom. The van der Waals surface area contributed by atoms with Gasteiger partial charge in [-0.3, -0.25) is 14.4 Å². The monoisotopic (exact) mass is 411 g/mol. The van der Waals surface area contributed by atoms with E-state index in [0.29, 0.717) is 25.1 Å². The number of aromatic amines is 1. The van der Waals surface area contributed by atoms with Crippen LogP contribution in [0, 0.1) is 0 Å². The number of carboxylic acid groups (broad SMARTS) is 1. The molecule has 3 unspecified atom stereocenters. The first-order valence-corrected chi connectivity index (χ1v) is 9.28. The van der Waals surface area contributed by atoms with Crippen molar-refractivity contribution in [2.24, 2.45) is 11.5 Å². The fourth-order valence-electron chi connectivity index (χ4n) is 2.51. The minimum atomic E-state index is -1.18. The molecule has 12 nitrogen and oxygen atoms in total. The van der Waals surface area contributed by atoms with Gasteiger partial charge in [0.25, 0.3) is 0 Å². The summed E-state index contributed by atoms with van der Waals surface area (Å²) in [6, 6.07) is -3.11. The zero-order chi connectivity index (χ0) is 21.8. The number of hydrogen-bond donors (Lipinski definition) is 7. The summed E-state index contributed by atoms with van der Waals surface area (Å²) >= 11 is 0. The summed E-state index contributed by atoms with van der Waals surface area (Å²) in [6.07, 6.45) is 4.35. The first-order chi connectivity index (χ1) is 13.8. The zero-order valence-electron chi connectivity index (χ0n) is 16.3. The fraction of sp³-hybridized carbons (Fsp3) is 0.588. The summed E-state index contributed by atoms with van der Waals surface area (Å²) in [5.41, 5.74) is 11.2. The highest BCUT2D eigenvalue weighted by atomic mass is 16.4. The van der Waals surface area contributed by atoms with Crippen LogP contribution in [0.1, 0.15) is 31.9 Å². The molecule has 12 heteroatoms. The topological polar surface area (TPSA) is 205 Å². The van der Waals surface area contributed by atoms with Gasteiger partial charge in [0.05, 0.1) is 12.9 Å². The second-order valence-electron chi connectivity index (χ2n) is 6.52. The number of nitrogens with one attached hydrogen (secondary N) is 4. The van der Waals surface area contributed by atoms with Crippen LogP contribution in [-0.2, 0) is 25.6 Å². The van der Waals surface area contributed by atoms with Gasteiger partial charge in [0.15, 0.2) is 0 Å². The highest BCUT2D eigenvalue weighted by Crippen LogP contribution is 2.04. The second kappa shape index (κ2) is 12.5. The van der Waals surface area contributed by atoms with E-state index in [1.807, 2.05) is 0 Å². The van der Waals surface area contributed by atoms with E-state index in [1.54, 1.807) is 0 Å². The van der Waals surface area contributed by atoms with Crippen molar-refractivity contribution in [2.75, 3.05) is 13.1 Å². The minimum absolute atomic E-state index is 0.0598. The lowest BCUT2D eigenvalue weighted by atomic mass is 10.1. The molecule has 162 valence electrons. The van der Waals surface area contributed by atoms with E-state index in [2.05, 4.69) is 25.9 Å². The van der Waals surface area contributed by atoms with Gasteiger partial charge in [-0.2, -0.15) is 0 Å². The van der Waals surface area contributed by atoms with Gasteiger partial charge in [0, 0.05) is 18.3 Å². The molecule has 0 radical (unpaired) electrons. The lowest BCUT2D eigenvalue weighted by Gasteiger charge is -2.23. The van der Waals surface area contributed by atoms with E-state index in [-0.39, 0.29) is 19.4 Å². The molecule has 1 heterocycles. The Morgan fingerprint density at radius 1 is 1.10 bits per heavy atom. The van der Waals surface area contributed by atoms with Gasteiger partial charge in [0.2, 0.25) is 17.7 Å². The summed E-state index contributed by atoms with van der Waals surface area (Å²) < 4.78 is 0. The lowest BCUT2D eigenvalue weighted by molar-refractivity contribution is -0.142. The molecular weight excluding hydrogens is 382 g/mol. The number of H-pyrrole nitrogens is 1. The lowest BCUT2D eigenvalue weighted by Crippen LogP contribution is -2.56. The Bertz CT molecular complexity index is 680. The van der Waals surface area contributed by atoms with Crippen LogP contribution in [0.15, 0.2) is 12.5 Å². The number of nitrogens with zero attached hydrogens (tertiary/aromatic N) is 1. The third-order valence-electron chi connectivity index (χ3n) is 4.13. The highest BCUT2D eigenvalue weighted by molar-refractivity contribution is 5.93. The summed E-state index contributed by atoms with van der Waals surface area (Å²) in [7, 11) is 0. The average molecular weight is 411 g/mol. The molecule has 0 aromatic carbocycles. The molecule has 9 N–H and O–H groups in total. The molecule has 0 saturated carbocycles. The number of aromatic nitrogens is 2. The van der Waals surface area contributed by atoms with Gasteiger partial charge in [-0.05, 0) is 32.7 Å². The number of imidazole rings is 1. The first kappa shape index (κ1) is 24.0. The Balaban J connectivity index is 2.84. The third kappa shape index (κ3) is 8.70. The van der Waals surface area contributed by atoms with Crippen molar-refractivity contribution in [2.45, 2.75) is 50.7 Å². The van der Waals surface area contributed by atoms with Crippen LogP contribution in [0.25, 0.3) is 0 Å². The van der Waals surface area contributed by atoms with E-state index in [1.165, 1.54) is 19.4 Å². The van der Waals surface area contributed by atoms with Gasteiger partial charge >= 0.3 is 5.97 Å². The maximum absolute atomic E-state index is 12.7. The smallest absolute Gasteiger partial charge is 0.326 e. The number of amides is 3. The number of hydrogen-bond acceptors (Lipinski definition) is 7. The van der Waals surface area contributed by atoms with Crippen LogP contribution >= 0.6 is 0 Å². The number of nitrogens with two attached hydrogens (primary N) is 2. The van der Waals surface area contributed by atoms with E-state index >= 15 is 0 Å².